The third-order valence-electron chi connectivity index (χ3n) is 3.25. The van der Waals surface area contributed by atoms with Crippen LogP contribution in [0.2, 0.25) is 0 Å². The molecule has 3 nitrogen and oxygen atoms in total. The van der Waals surface area contributed by atoms with Crippen molar-refractivity contribution in [1.29, 1.82) is 0 Å². The largest absolute Gasteiger partial charge is 0.418 e. The smallest absolute Gasteiger partial charge is 0.311 e. The van der Waals surface area contributed by atoms with Gasteiger partial charge in [-0.1, -0.05) is 12.1 Å². The van der Waals surface area contributed by atoms with Gasteiger partial charge in [-0.3, -0.25) is 0 Å². The van der Waals surface area contributed by atoms with Crippen molar-refractivity contribution in [2.75, 3.05) is 6.54 Å². The van der Waals surface area contributed by atoms with E-state index in [0.29, 0.717) is 13.0 Å². The molecule has 2 heterocycles. The molecule has 1 N–H and O–H groups in total. The van der Waals surface area contributed by atoms with Gasteiger partial charge in [0.1, 0.15) is 0 Å². The number of nitrogens with one attached hydrogen (secondary N) is 1. The third kappa shape index (κ3) is 2.12. The van der Waals surface area contributed by atoms with Crippen LogP contribution >= 0.6 is 0 Å². The fourth-order valence-electron chi connectivity index (χ4n) is 2.37. The Balaban J connectivity index is 2.15. The molecule has 1 aliphatic heterocycles. The van der Waals surface area contributed by atoms with Crippen LogP contribution in [0, 0.1) is 0 Å². The van der Waals surface area contributed by atoms with Gasteiger partial charge >= 0.3 is 6.18 Å². The molecule has 0 unspecified atom stereocenters. The van der Waals surface area contributed by atoms with Crippen molar-refractivity contribution in [2.45, 2.75) is 19.1 Å². The molecule has 0 bridgehead atoms. The summed E-state index contributed by atoms with van der Waals surface area (Å²) in [7, 11) is 0. The number of imidazole rings is 1. The summed E-state index contributed by atoms with van der Waals surface area (Å²) in [5.41, 5.74) is 1.19. The van der Waals surface area contributed by atoms with Gasteiger partial charge in [0.05, 0.1) is 23.3 Å². The quantitative estimate of drug-likeness (QED) is 0.860. The number of hydrogen-bond acceptors (Lipinski definition) is 2. The first-order valence-electron chi connectivity index (χ1n) is 6.00. The van der Waals surface area contributed by atoms with E-state index in [1.807, 2.05) is 0 Å². The fraction of sp³-hybridized carbons (Fsp3) is 0.308. The first-order valence-corrected chi connectivity index (χ1v) is 6.00. The van der Waals surface area contributed by atoms with E-state index in [1.54, 1.807) is 10.6 Å². The molecule has 0 radical (unpaired) electrons. The summed E-state index contributed by atoms with van der Waals surface area (Å²) < 4.78 is 40.6. The Morgan fingerprint density at radius 3 is 2.79 bits per heavy atom. The standard InChI is InChI=1S/C13H12F3N3/c14-13(15,16)9-3-1-2-4-11(9)19-8-18-10-7-17-6-5-12(10)19/h1-4,8,17H,5-7H2. The lowest BCUT2D eigenvalue weighted by atomic mass is 10.1. The van der Waals surface area contributed by atoms with Gasteiger partial charge < -0.3 is 9.88 Å². The van der Waals surface area contributed by atoms with Crippen LogP contribution in [0.5, 0.6) is 0 Å². The lowest BCUT2D eigenvalue weighted by Gasteiger charge is -2.18. The van der Waals surface area contributed by atoms with Crippen LogP contribution in [0.25, 0.3) is 5.69 Å². The van der Waals surface area contributed by atoms with E-state index >= 15 is 0 Å². The molecular weight excluding hydrogens is 255 g/mol. The van der Waals surface area contributed by atoms with Crippen LogP contribution in [-0.2, 0) is 19.1 Å². The molecule has 0 saturated heterocycles. The molecule has 0 fully saturated rings. The molecule has 0 saturated carbocycles. The maximum absolute atomic E-state index is 13.0. The van der Waals surface area contributed by atoms with Crippen molar-refractivity contribution in [1.82, 2.24) is 14.9 Å². The van der Waals surface area contributed by atoms with Crippen molar-refractivity contribution < 1.29 is 13.2 Å². The van der Waals surface area contributed by atoms with Gasteiger partial charge in [-0.05, 0) is 12.1 Å². The lowest BCUT2D eigenvalue weighted by molar-refractivity contribution is -0.137. The number of para-hydroxylation sites is 1. The average molecular weight is 267 g/mol. The average Bonchev–Trinajstić information content (AvgIpc) is 2.81. The first-order chi connectivity index (χ1) is 9.07. The summed E-state index contributed by atoms with van der Waals surface area (Å²) in [5, 5.41) is 3.15. The summed E-state index contributed by atoms with van der Waals surface area (Å²) in [4.78, 5) is 4.19. The van der Waals surface area contributed by atoms with E-state index in [0.717, 1.165) is 24.0 Å². The molecule has 1 aromatic heterocycles. The van der Waals surface area contributed by atoms with Gasteiger partial charge in [-0.25, -0.2) is 4.98 Å². The minimum atomic E-state index is -4.36. The maximum atomic E-state index is 13.0. The third-order valence-corrected chi connectivity index (χ3v) is 3.25. The predicted molar refractivity (Wildman–Crippen MR) is 64.0 cm³/mol. The van der Waals surface area contributed by atoms with Gasteiger partial charge in [-0.2, -0.15) is 13.2 Å². The SMILES string of the molecule is FC(F)(F)c1ccccc1-n1cnc2c1CCNC2. The Morgan fingerprint density at radius 1 is 1.21 bits per heavy atom. The number of alkyl halides is 3. The van der Waals surface area contributed by atoms with Crippen LogP contribution < -0.4 is 5.32 Å². The Labute approximate surface area is 108 Å². The highest BCUT2D eigenvalue weighted by atomic mass is 19.4. The number of hydrogen-bond donors (Lipinski definition) is 1. The summed E-state index contributed by atoms with van der Waals surface area (Å²) in [5.74, 6) is 0. The number of benzene rings is 1. The number of nitrogens with zero attached hydrogens (tertiary/aromatic N) is 2. The molecule has 0 atom stereocenters. The molecule has 100 valence electrons. The van der Waals surface area contributed by atoms with E-state index in [2.05, 4.69) is 10.3 Å². The van der Waals surface area contributed by atoms with Crippen molar-refractivity contribution in [3.63, 3.8) is 0 Å². The maximum Gasteiger partial charge on any atom is 0.418 e. The highest BCUT2D eigenvalue weighted by molar-refractivity contribution is 5.45. The summed E-state index contributed by atoms with van der Waals surface area (Å²) in [6.07, 6.45) is -2.20. The highest BCUT2D eigenvalue weighted by Gasteiger charge is 2.34. The van der Waals surface area contributed by atoms with Crippen LogP contribution in [0.4, 0.5) is 13.2 Å². The van der Waals surface area contributed by atoms with Crippen molar-refractivity contribution >= 4 is 0 Å². The first kappa shape index (κ1) is 12.2. The lowest BCUT2D eigenvalue weighted by Crippen LogP contribution is -2.25. The summed E-state index contributed by atoms with van der Waals surface area (Å²) in [6.45, 7) is 1.36. The van der Waals surface area contributed by atoms with E-state index < -0.39 is 11.7 Å². The van der Waals surface area contributed by atoms with E-state index in [-0.39, 0.29) is 5.69 Å². The monoisotopic (exact) mass is 267 g/mol. The highest BCUT2D eigenvalue weighted by Crippen LogP contribution is 2.34. The van der Waals surface area contributed by atoms with Gasteiger partial charge in [0, 0.05) is 25.2 Å². The van der Waals surface area contributed by atoms with Gasteiger partial charge in [-0.15, -0.1) is 0 Å². The van der Waals surface area contributed by atoms with Gasteiger partial charge in [0.15, 0.2) is 0 Å². The van der Waals surface area contributed by atoms with Crippen LogP contribution in [0.3, 0.4) is 0 Å². The Hall–Kier alpha value is -1.82. The number of halogens is 3. The molecule has 1 aromatic carbocycles. The molecule has 6 heteroatoms. The van der Waals surface area contributed by atoms with Crippen molar-refractivity contribution in [3.8, 4) is 5.69 Å². The zero-order valence-electron chi connectivity index (χ0n) is 10.0. The molecule has 2 aromatic rings. The Kier molecular flexibility index (Phi) is 2.82. The van der Waals surface area contributed by atoms with Crippen LogP contribution in [-0.4, -0.2) is 16.1 Å². The topological polar surface area (TPSA) is 29.9 Å². The van der Waals surface area contributed by atoms with Crippen molar-refractivity contribution in [2.24, 2.45) is 0 Å². The van der Waals surface area contributed by atoms with E-state index in [1.165, 1.54) is 18.5 Å². The molecule has 1 aliphatic rings. The van der Waals surface area contributed by atoms with Crippen LogP contribution in [0.15, 0.2) is 30.6 Å². The second-order valence-electron chi connectivity index (χ2n) is 4.45. The molecular formula is C13H12F3N3. The summed E-state index contributed by atoms with van der Waals surface area (Å²) >= 11 is 0. The van der Waals surface area contributed by atoms with E-state index in [4.69, 9.17) is 0 Å². The van der Waals surface area contributed by atoms with Gasteiger partial charge in [0.25, 0.3) is 0 Å². The molecule has 0 amide bonds. The fourth-order valence-corrected chi connectivity index (χ4v) is 2.37. The van der Waals surface area contributed by atoms with Gasteiger partial charge in [0.2, 0.25) is 0 Å². The summed E-state index contributed by atoms with van der Waals surface area (Å²) in [6, 6.07) is 5.59. The Morgan fingerprint density at radius 2 is 2.00 bits per heavy atom. The number of rotatable bonds is 1. The normalized spacial score (nSPS) is 15.3. The van der Waals surface area contributed by atoms with Crippen LogP contribution in [0.1, 0.15) is 17.0 Å². The minimum absolute atomic E-state index is 0.144. The second-order valence-corrected chi connectivity index (χ2v) is 4.45. The molecule has 0 spiro atoms. The second kappa shape index (κ2) is 4.38. The predicted octanol–water partition coefficient (Wildman–Crippen LogP) is 2.54. The molecule has 0 aliphatic carbocycles. The zero-order valence-corrected chi connectivity index (χ0v) is 10.0. The minimum Gasteiger partial charge on any atom is -0.311 e. The molecule has 19 heavy (non-hydrogen) atoms. The van der Waals surface area contributed by atoms with Crippen molar-refractivity contribution in [3.05, 3.63) is 47.5 Å². The zero-order chi connectivity index (χ0) is 13.5. The number of fused-ring (bicyclic) bond motifs is 1. The van der Waals surface area contributed by atoms with E-state index in [9.17, 15) is 13.2 Å². The number of aromatic nitrogens is 2. The molecule has 3 rings (SSSR count). The Bertz CT molecular complexity index is 601.